The molecular formula is C14H17N3O. The van der Waals surface area contributed by atoms with Gasteiger partial charge < -0.3 is 4.42 Å². The highest BCUT2D eigenvalue weighted by atomic mass is 16.4. The second-order valence-electron chi connectivity index (χ2n) is 3.61. The van der Waals surface area contributed by atoms with E-state index in [1.54, 1.807) is 31.9 Å². The largest absolute Gasteiger partial charge is 0.436 e. The van der Waals surface area contributed by atoms with Gasteiger partial charge in [-0.15, -0.1) is 0 Å². The van der Waals surface area contributed by atoms with Crippen LogP contribution in [0.3, 0.4) is 0 Å². The average molecular weight is 243 g/mol. The van der Waals surface area contributed by atoms with Crippen LogP contribution in [0.15, 0.2) is 45.5 Å². The van der Waals surface area contributed by atoms with Crippen LogP contribution in [-0.4, -0.2) is 24.5 Å². The van der Waals surface area contributed by atoms with Crippen molar-refractivity contribution in [3.8, 4) is 0 Å². The van der Waals surface area contributed by atoms with Crippen LogP contribution in [0, 0.1) is 0 Å². The molecule has 0 amide bonds. The summed E-state index contributed by atoms with van der Waals surface area (Å²) >= 11 is 0. The van der Waals surface area contributed by atoms with Gasteiger partial charge >= 0.3 is 0 Å². The molecule has 1 heterocycles. The maximum Gasteiger partial charge on any atom is 0.221 e. The van der Waals surface area contributed by atoms with E-state index in [1.165, 1.54) is 0 Å². The van der Waals surface area contributed by atoms with Gasteiger partial charge in [-0.25, -0.2) is 4.98 Å². The SMILES string of the molecule is C=C(C)c1ncc(/C(C=NC)=C/N=C/C=C/C)o1. The molecule has 0 unspecified atom stereocenters. The van der Waals surface area contributed by atoms with E-state index in [1.807, 2.05) is 26.0 Å². The van der Waals surface area contributed by atoms with Crippen molar-refractivity contribution in [2.45, 2.75) is 13.8 Å². The van der Waals surface area contributed by atoms with Gasteiger partial charge in [0, 0.05) is 31.2 Å². The molecule has 0 N–H and O–H groups in total. The summed E-state index contributed by atoms with van der Waals surface area (Å²) in [5.41, 5.74) is 1.55. The lowest BCUT2D eigenvalue weighted by Crippen LogP contribution is -1.82. The number of hydrogen-bond donors (Lipinski definition) is 0. The monoisotopic (exact) mass is 243 g/mol. The molecule has 4 nitrogen and oxygen atoms in total. The minimum atomic E-state index is 0.526. The van der Waals surface area contributed by atoms with E-state index in [4.69, 9.17) is 4.42 Å². The molecule has 4 heteroatoms. The lowest BCUT2D eigenvalue weighted by atomic mass is 10.2. The molecule has 0 aliphatic rings. The summed E-state index contributed by atoms with van der Waals surface area (Å²) in [4.78, 5) is 12.2. The standard InChI is InChI=1S/C14H17N3O/c1-5-6-7-16-9-12(8-15-4)13-10-17-14(18-13)11(2)3/h5-10H,2H2,1,3-4H3/b6-5+,12-9+,15-8?,16-7+. The first-order valence-electron chi connectivity index (χ1n) is 5.58. The average Bonchev–Trinajstić information content (AvgIpc) is 2.82. The number of rotatable bonds is 5. The molecule has 94 valence electrons. The quantitative estimate of drug-likeness (QED) is 0.744. The predicted molar refractivity (Wildman–Crippen MR) is 76.9 cm³/mol. The van der Waals surface area contributed by atoms with Crippen molar-refractivity contribution in [3.63, 3.8) is 0 Å². The fourth-order valence-corrected chi connectivity index (χ4v) is 1.16. The molecule has 0 fully saturated rings. The normalized spacial score (nSPS) is 13.2. The summed E-state index contributed by atoms with van der Waals surface area (Å²) in [5.74, 6) is 1.15. The summed E-state index contributed by atoms with van der Waals surface area (Å²) < 4.78 is 5.55. The van der Waals surface area contributed by atoms with Crippen LogP contribution in [0.2, 0.25) is 0 Å². The Hall–Kier alpha value is -2.23. The minimum absolute atomic E-state index is 0.526. The van der Waals surface area contributed by atoms with Crippen LogP contribution in [0.5, 0.6) is 0 Å². The Morgan fingerprint density at radius 1 is 1.50 bits per heavy atom. The topological polar surface area (TPSA) is 50.8 Å². The van der Waals surface area contributed by atoms with E-state index in [0.29, 0.717) is 11.7 Å². The zero-order valence-electron chi connectivity index (χ0n) is 10.9. The second kappa shape index (κ2) is 7.17. The highest BCUT2D eigenvalue weighted by molar-refractivity contribution is 6.08. The molecule has 0 saturated carbocycles. The van der Waals surface area contributed by atoms with Crippen molar-refractivity contribution in [2.75, 3.05) is 7.05 Å². The molecule has 0 radical (unpaired) electrons. The molecule has 1 aromatic heterocycles. The molecule has 0 aliphatic carbocycles. The van der Waals surface area contributed by atoms with Gasteiger partial charge in [0.2, 0.25) is 5.89 Å². The minimum Gasteiger partial charge on any atom is -0.436 e. The van der Waals surface area contributed by atoms with E-state index in [2.05, 4.69) is 21.5 Å². The summed E-state index contributed by atoms with van der Waals surface area (Å²) in [5, 5.41) is 0. The van der Waals surface area contributed by atoms with Crippen LogP contribution in [-0.2, 0) is 0 Å². The highest BCUT2D eigenvalue weighted by Gasteiger charge is 2.07. The first-order valence-corrected chi connectivity index (χ1v) is 5.58. The summed E-state index contributed by atoms with van der Waals surface area (Å²) in [6, 6.07) is 0. The van der Waals surface area contributed by atoms with E-state index >= 15 is 0 Å². The van der Waals surface area contributed by atoms with E-state index in [-0.39, 0.29) is 0 Å². The molecule has 0 aromatic carbocycles. The lowest BCUT2D eigenvalue weighted by molar-refractivity contribution is 0.531. The number of allylic oxidation sites excluding steroid dienone is 4. The van der Waals surface area contributed by atoms with Crippen LogP contribution < -0.4 is 0 Å². The first kappa shape index (κ1) is 13.8. The van der Waals surface area contributed by atoms with E-state index in [9.17, 15) is 0 Å². The third-order valence-electron chi connectivity index (χ3n) is 2.00. The van der Waals surface area contributed by atoms with Crippen LogP contribution in [0.4, 0.5) is 0 Å². The van der Waals surface area contributed by atoms with Gasteiger partial charge in [-0.05, 0) is 19.9 Å². The fourth-order valence-electron chi connectivity index (χ4n) is 1.16. The Bertz CT molecular complexity index is 519. The lowest BCUT2D eigenvalue weighted by Gasteiger charge is -1.94. The molecular weight excluding hydrogens is 226 g/mol. The zero-order valence-corrected chi connectivity index (χ0v) is 10.9. The number of hydrogen-bond acceptors (Lipinski definition) is 4. The highest BCUT2D eigenvalue weighted by Crippen LogP contribution is 2.18. The number of oxazole rings is 1. The van der Waals surface area contributed by atoms with Crippen LogP contribution in [0.25, 0.3) is 11.1 Å². The van der Waals surface area contributed by atoms with Gasteiger partial charge in [0.15, 0.2) is 5.76 Å². The van der Waals surface area contributed by atoms with E-state index < -0.39 is 0 Å². The number of nitrogens with zero attached hydrogens (tertiary/aromatic N) is 3. The van der Waals surface area contributed by atoms with Crippen molar-refractivity contribution >= 4 is 23.6 Å². The Balaban J connectivity index is 3.00. The van der Waals surface area contributed by atoms with Gasteiger partial charge in [0.1, 0.15) is 0 Å². The van der Waals surface area contributed by atoms with Crippen LogP contribution >= 0.6 is 0 Å². The Kier molecular flexibility index (Phi) is 5.51. The van der Waals surface area contributed by atoms with Gasteiger partial charge in [-0.2, -0.15) is 0 Å². The van der Waals surface area contributed by atoms with Crippen molar-refractivity contribution in [1.29, 1.82) is 0 Å². The molecule has 18 heavy (non-hydrogen) atoms. The van der Waals surface area contributed by atoms with Gasteiger partial charge in [-0.3, -0.25) is 9.98 Å². The molecule has 0 saturated heterocycles. The third kappa shape index (κ3) is 3.97. The molecule has 0 aliphatic heterocycles. The summed E-state index contributed by atoms with van der Waals surface area (Å²) in [7, 11) is 1.69. The van der Waals surface area contributed by atoms with Crippen molar-refractivity contribution in [2.24, 2.45) is 9.98 Å². The van der Waals surface area contributed by atoms with Gasteiger partial charge in [-0.1, -0.05) is 12.7 Å². The van der Waals surface area contributed by atoms with Crippen molar-refractivity contribution < 1.29 is 4.42 Å². The Labute approximate surface area is 107 Å². The first-order chi connectivity index (χ1) is 8.69. The maximum atomic E-state index is 5.55. The molecule has 0 bridgehead atoms. The Morgan fingerprint density at radius 2 is 2.28 bits per heavy atom. The zero-order chi connectivity index (χ0) is 13.4. The van der Waals surface area contributed by atoms with Crippen molar-refractivity contribution in [3.05, 3.63) is 42.8 Å². The third-order valence-corrected chi connectivity index (χ3v) is 2.00. The number of aromatic nitrogens is 1. The maximum absolute atomic E-state index is 5.55. The second-order valence-corrected chi connectivity index (χ2v) is 3.61. The number of aliphatic imine (C=N–C) groups is 2. The fraction of sp³-hybridized carbons (Fsp3) is 0.214. The van der Waals surface area contributed by atoms with Crippen LogP contribution in [0.1, 0.15) is 25.5 Å². The molecule has 0 atom stereocenters. The van der Waals surface area contributed by atoms with E-state index in [0.717, 1.165) is 11.1 Å². The molecule has 1 aromatic rings. The smallest absolute Gasteiger partial charge is 0.221 e. The van der Waals surface area contributed by atoms with Crippen molar-refractivity contribution in [1.82, 2.24) is 4.98 Å². The summed E-state index contributed by atoms with van der Waals surface area (Å²) in [6.45, 7) is 7.56. The molecule has 0 spiro atoms. The summed E-state index contributed by atoms with van der Waals surface area (Å²) in [6.07, 6.45) is 10.4. The Morgan fingerprint density at radius 3 is 2.83 bits per heavy atom. The van der Waals surface area contributed by atoms with Gasteiger partial charge in [0.05, 0.1) is 11.8 Å². The predicted octanol–water partition coefficient (Wildman–Crippen LogP) is 3.40. The van der Waals surface area contributed by atoms with Gasteiger partial charge in [0.25, 0.3) is 0 Å². The molecule has 1 rings (SSSR count).